The third-order valence-electron chi connectivity index (χ3n) is 3.81. The SMILES string of the molecule is O=C(NN=Cc1sc(Nc2ccccc2)nc1Cl)c1ccc2ccccc2n1. The molecular formula is C20H14ClN5OS. The highest BCUT2D eigenvalue weighted by atomic mass is 35.5. The van der Waals surface area contributed by atoms with Crippen molar-refractivity contribution in [3.8, 4) is 0 Å². The first kappa shape index (κ1) is 18.1. The molecule has 4 rings (SSSR count). The zero-order valence-electron chi connectivity index (χ0n) is 14.5. The highest BCUT2D eigenvalue weighted by molar-refractivity contribution is 7.17. The second-order valence-corrected chi connectivity index (χ2v) is 7.14. The molecule has 138 valence electrons. The van der Waals surface area contributed by atoms with Gasteiger partial charge >= 0.3 is 0 Å². The van der Waals surface area contributed by atoms with E-state index in [-0.39, 0.29) is 5.69 Å². The van der Waals surface area contributed by atoms with Gasteiger partial charge in [-0.3, -0.25) is 4.79 Å². The predicted molar refractivity (Wildman–Crippen MR) is 114 cm³/mol. The monoisotopic (exact) mass is 407 g/mol. The summed E-state index contributed by atoms with van der Waals surface area (Å²) in [5.74, 6) is -0.398. The number of fused-ring (bicyclic) bond motifs is 1. The van der Waals surface area contributed by atoms with Crippen molar-refractivity contribution in [2.75, 3.05) is 5.32 Å². The molecule has 0 saturated heterocycles. The highest BCUT2D eigenvalue weighted by Gasteiger charge is 2.09. The fourth-order valence-corrected chi connectivity index (χ4v) is 3.54. The number of aromatic nitrogens is 2. The lowest BCUT2D eigenvalue weighted by molar-refractivity contribution is 0.0950. The topological polar surface area (TPSA) is 79.3 Å². The number of hydrogen-bond acceptors (Lipinski definition) is 6. The number of para-hydroxylation sites is 2. The highest BCUT2D eigenvalue weighted by Crippen LogP contribution is 2.27. The zero-order valence-corrected chi connectivity index (χ0v) is 16.0. The third-order valence-corrected chi connectivity index (χ3v) is 5.12. The third kappa shape index (κ3) is 4.16. The zero-order chi connectivity index (χ0) is 19.3. The maximum absolute atomic E-state index is 12.3. The van der Waals surface area contributed by atoms with Gasteiger partial charge in [-0.05, 0) is 24.3 Å². The number of carbonyl (C=O) groups is 1. The second kappa shape index (κ2) is 8.16. The molecule has 2 N–H and O–H groups in total. The van der Waals surface area contributed by atoms with Crippen LogP contribution in [0.15, 0.2) is 71.8 Å². The van der Waals surface area contributed by atoms with Gasteiger partial charge in [-0.25, -0.2) is 15.4 Å². The van der Waals surface area contributed by atoms with E-state index in [1.807, 2.05) is 60.7 Å². The molecule has 0 aliphatic carbocycles. The van der Waals surface area contributed by atoms with E-state index in [1.54, 1.807) is 6.07 Å². The van der Waals surface area contributed by atoms with Crippen LogP contribution >= 0.6 is 22.9 Å². The van der Waals surface area contributed by atoms with Crippen LogP contribution in [0.2, 0.25) is 5.15 Å². The molecule has 0 aliphatic rings. The van der Waals surface area contributed by atoms with Gasteiger partial charge in [0.25, 0.3) is 5.91 Å². The molecule has 0 bridgehead atoms. The number of nitrogens with zero attached hydrogens (tertiary/aromatic N) is 3. The Kier molecular flexibility index (Phi) is 5.27. The van der Waals surface area contributed by atoms with Crippen LogP contribution in [0.4, 0.5) is 10.8 Å². The lowest BCUT2D eigenvalue weighted by Crippen LogP contribution is -2.18. The molecule has 0 saturated carbocycles. The number of hydrogen-bond donors (Lipinski definition) is 2. The molecule has 8 heteroatoms. The number of carbonyl (C=O) groups excluding carboxylic acids is 1. The summed E-state index contributed by atoms with van der Waals surface area (Å²) >= 11 is 7.49. The van der Waals surface area contributed by atoms with E-state index in [2.05, 4.69) is 25.8 Å². The lowest BCUT2D eigenvalue weighted by Gasteiger charge is -2.01. The number of nitrogens with one attached hydrogen (secondary N) is 2. The minimum atomic E-state index is -0.398. The molecule has 6 nitrogen and oxygen atoms in total. The van der Waals surface area contributed by atoms with Gasteiger partial charge < -0.3 is 5.32 Å². The molecule has 2 aromatic carbocycles. The van der Waals surface area contributed by atoms with Crippen molar-refractivity contribution < 1.29 is 4.79 Å². The van der Waals surface area contributed by atoms with Gasteiger partial charge in [-0.2, -0.15) is 5.10 Å². The van der Waals surface area contributed by atoms with Crippen LogP contribution in [0.5, 0.6) is 0 Å². The Labute approximate surface area is 169 Å². The number of benzene rings is 2. The molecule has 4 aromatic rings. The summed E-state index contributed by atoms with van der Waals surface area (Å²) in [6.07, 6.45) is 1.47. The van der Waals surface area contributed by atoms with Crippen LogP contribution in [0, 0.1) is 0 Å². The smallest absolute Gasteiger partial charge is 0.289 e. The Bertz CT molecular complexity index is 1160. The van der Waals surface area contributed by atoms with E-state index in [4.69, 9.17) is 11.6 Å². The second-order valence-electron chi connectivity index (χ2n) is 5.75. The Morgan fingerprint density at radius 3 is 2.64 bits per heavy atom. The van der Waals surface area contributed by atoms with Crippen molar-refractivity contribution in [2.45, 2.75) is 0 Å². The normalized spacial score (nSPS) is 11.0. The number of pyridine rings is 1. The summed E-state index contributed by atoms with van der Waals surface area (Å²) in [6.45, 7) is 0. The number of rotatable bonds is 5. The van der Waals surface area contributed by atoms with Gasteiger partial charge in [0, 0.05) is 11.1 Å². The maximum atomic E-state index is 12.3. The molecule has 0 fully saturated rings. The van der Waals surface area contributed by atoms with Gasteiger partial charge in [-0.1, -0.05) is 65.4 Å². The minimum Gasteiger partial charge on any atom is -0.331 e. The molecule has 1 amide bonds. The van der Waals surface area contributed by atoms with E-state index >= 15 is 0 Å². The molecule has 28 heavy (non-hydrogen) atoms. The van der Waals surface area contributed by atoms with Gasteiger partial charge in [0.05, 0.1) is 16.6 Å². The summed E-state index contributed by atoms with van der Waals surface area (Å²) in [7, 11) is 0. The Balaban J connectivity index is 1.43. The van der Waals surface area contributed by atoms with Crippen LogP contribution < -0.4 is 10.7 Å². The minimum absolute atomic E-state index is 0.290. The van der Waals surface area contributed by atoms with Crippen LogP contribution in [0.25, 0.3) is 10.9 Å². The van der Waals surface area contributed by atoms with Crippen molar-refractivity contribution in [3.05, 3.63) is 82.5 Å². The average molecular weight is 408 g/mol. The molecule has 0 spiro atoms. The lowest BCUT2D eigenvalue weighted by atomic mass is 10.2. The van der Waals surface area contributed by atoms with E-state index < -0.39 is 5.91 Å². The van der Waals surface area contributed by atoms with E-state index in [9.17, 15) is 4.79 Å². The van der Waals surface area contributed by atoms with E-state index in [1.165, 1.54) is 17.6 Å². The molecular weight excluding hydrogens is 394 g/mol. The first-order valence-electron chi connectivity index (χ1n) is 8.36. The maximum Gasteiger partial charge on any atom is 0.289 e. The van der Waals surface area contributed by atoms with E-state index in [0.717, 1.165) is 16.6 Å². The number of halogens is 1. The van der Waals surface area contributed by atoms with Crippen molar-refractivity contribution in [1.29, 1.82) is 0 Å². The summed E-state index contributed by atoms with van der Waals surface area (Å²) < 4.78 is 0. The van der Waals surface area contributed by atoms with Gasteiger partial charge in [0.1, 0.15) is 5.69 Å². The van der Waals surface area contributed by atoms with Gasteiger partial charge in [-0.15, -0.1) is 0 Å². The number of hydrazone groups is 1. The average Bonchev–Trinajstić information content (AvgIpc) is 3.07. The molecule has 0 aliphatic heterocycles. The summed E-state index contributed by atoms with van der Waals surface area (Å²) in [6, 6.07) is 20.8. The largest absolute Gasteiger partial charge is 0.331 e. The Morgan fingerprint density at radius 1 is 1.00 bits per heavy atom. The van der Waals surface area contributed by atoms with Crippen molar-refractivity contribution in [2.24, 2.45) is 5.10 Å². The first-order valence-corrected chi connectivity index (χ1v) is 9.56. The number of anilines is 2. The molecule has 2 heterocycles. The van der Waals surface area contributed by atoms with Crippen molar-refractivity contribution >= 4 is 56.8 Å². The van der Waals surface area contributed by atoms with E-state index in [0.29, 0.717) is 15.2 Å². The summed E-state index contributed by atoms with van der Waals surface area (Å²) in [4.78, 5) is 21.5. The van der Waals surface area contributed by atoms with Gasteiger partial charge in [0.15, 0.2) is 10.3 Å². The van der Waals surface area contributed by atoms with Gasteiger partial charge in [0.2, 0.25) is 0 Å². The molecule has 0 atom stereocenters. The molecule has 0 unspecified atom stereocenters. The Hall–Kier alpha value is -3.29. The molecule has 2 aromatic heterocycles. The van der Waals surface area contributed by atoms with Crippen LogP contribution in [-0.2, 0) is 0 Å². The fourth-order valence-electron chi connectivity index (χ4n) is 2.49. The summed E-state index contributed by atoms with van der Waals surface area (Å²) in [5, 5.41) is 9.06. The predicted octanol–water partition coefficient (Wildman–Crippen LogP) is 4.85. The Morgan fingerprint density at radius 2 is 1.79 bits per heavy atom. The van der Waals surface area contributed by atoms with Crippen LogP contribution in [-0.4, -0.2) is 22.1 Å². The number of amides is 1. The standard InChI is InChI=1S/C20H14ClN5OS/c21-18-17(28-20(25-18)23-14-7-2-1-3-8-14)12-22-26-19(27)16-11-10-13-6-4-5-9-15(13)24-16/h1-12H,(H,23,25)(H,26,27). The summed E-state index contributed by atoms with van der Waals surface area (Å²) in [5.41, 5.74) is 4.42. The quantitative estimate of drug-likeness (QED) is 0.366. The molecule has 0 radical (unpaired) electrons. The fraction of sp³-hybridized carbons (Fsp3) is 0. The van der Waals surface area contributed by atoms with Crippen LogP contribution in [0.1, 0.15) is 15.4 Å². The van der Waals surface area contributed by atoms with Crippen LogP contribution in [0.3, 0.4) is 0 Å². The van der Waals surface area contributed by atoms with Crippen molar-refractivity contribution in [3.63, 3.8) is 0 Å². The number of thiazole rings is 1. The first-order chi connectivity index (χ1) is 13.7. The van der Waals surface area contributed by atoms with Crippen molar-refractivity contribution in [1.82, 2.24) is 15.4 Å².